The quantitative estimate of drug-likeness (QED) is 0.932. The minimum Gasteiger partial charge on any atom is -0.480 e. The number of carbonyl (C=O) groups is 2. The normalized spacial score (nSPS) is 19.3. The van der Waals surface area contributed by atoms with Crippen molar-refractivity contribution in [3.63, 3.8) is 0 Å². The summed E-state index contributed by atoms with van der Waals surface area (Å²) < 4.78 is 0.971. The Kier molecular flexibility index (Phi) is 3.71. The number of carbonyl (C=O) groups excluding carboxylic acids is 1. The van der Waals surface area contributed by atoms with Crippen LogP contribution in [0.4, 0.5) is 0 Å². The molecule has 1 N–H and O–H groups in total. The lowest BCUT2D eigenvalue weighted by molar-refractivity contribution is -0.146. The highest BCUT2D eigenvalue weighted by Crippen LogP contribution is 2.24. The first-order chi connectivity index (χ1) is 8.49. The Morgan fingerprint density at radius 2 is 2.28 bits per heavy atom. The molecule has 0 aromatic heterocycles. The Bertz CT molecular complexity index is 501. The average Bonchev–Trinajstić information content (AvgIpc) is 2.66. The monoisotopic (exact) mass is 311 g/mol. The molecule has 1 aliphatic rings. The summed E-state index contributed by atoms with van der Waals surface area (Å²) in [7, 11) is 0. The Morgan fingerprint density at radius 1 is 1.56 bits per heavy atom. The minimum atomic E-state index is -0.924. The third-order valence-electron chi connectivity index (χ3n) is 3.20. The maximum Gasteiger partial charge on any atom is 0.326 e. The Hall–Kier alpha value is -1.36. The molecular formula is C13H14BrNO3. The summed E-state index contributed by atoms with van der Waals surface area (Å²) in [5.41, 5.74) is 2.05. The molecule has 2 rings (SSSR count). The first-order valence-electron chi connectivity index (χ1n) is 5.76. The second-order valence-electron chi connectivity index (χ2n) is 4.50. The topological polar surface area (TPSA) is 57.6 Å². The van der Waals surface area contributed by atoms with E-state index in [1.807, 2.05) is 25.1 Å². The third-order valence-corrected chi connectivity index (χ3v) is 4.06. The highest BCUT2D eigenvalue weighted by Gasteiger charge is 2.35. The van der Waals surface area contributed by atoms with E-state index in [9.17, 15) is 9.59 Å². The van der Waals surface area contributed by atoms with E-state index in [1.165, 1.54) is 4.90 Å². The van der Waals surface area contributed by atoms with Crippen molar-refractivity contribution in [2.75, 3.05) is 0 Å². The van der Waals surface area contributed by atoms with Gasteiger partial charge in [-0.3, -0.25) is 4.79 Å². The van der Waals surface area contributed by atoms with Crippen LogP contribution < -0.4 is 0 Å². The molecule has 0 aliphatic carbocycles. The number of aliphatic carboxylic acids is 1. The summed E-state index contributed by atoms with van der Waals surface area (Å²) in [4.78, 5) is 24.2. The molecule has 5 heteroatoms. The second-order valence-corrected chi connectivity index (χ2v) is 5.35. The first kappa shape index (κ1) is 13.1. The van der Waals surface area contributed by atoms with Crippen LogP contribution in [0.3, 0.4) is 0 Å². The van der Waals surface area contributed by atoms with Gasteiger partial charge in [-0.05, 0) is 30.5 Å². The van der Waals surface area contributed by atoms with Crippen molar-refractivity contribution in [2.24, 2.45) is 0 Å². The summed E-state index contributed by atoms with van der Waals surface area (Å²) >= 11 is 3.43. The Morgan fingerprint density at radius 3 is 2.89 bits per heavy atom. The number of likely N-dealkylation sites (tertiary alicyclic amines) is 1. The molecule has 0 bridgehead atoms. The van der Waals surface area contributed by atoms with Gasteiger partial charge in [0.05, 0.1) is 0 Å². The second kappa shape index (κ2) is 5.10. The van der Waals surface area contributed by atoms with Gasteiger partial charge < -0.3 is 10.0 Å². The van der Waals surface area contributed by atoms with Gasteiger partial charge in [0, 0.05) is 17.4 Å². The molecule has 0 spiro atoms. The molecule has 0 radical (unpaired) electrons. The Balaban J connectivity index is 2.18. The number of halogens is 1. The number of amides is 1. The highest BCUT2D eigenvalue weighted by molar-refractivity contribution is 9.10. The van der Waals surface area contributed by atoms with Crippen molar-refractivity contribution in [2.45, 2.75) is 32.4 Å². The first-order valence-corrected chi connectivity index (χ1v) is 6.55. The van der Waals surface area contributed by atoms with E-state index in [0.717, 1.165) is 15.6 Å². The molecular weight excluding hydrogens is 298 g/mol. The van der Waals surface area contributed by atoms with Crippen LogP contribution in [0.15, 0.2) is 22.7 Å². The van der Waals surface area contributed by atoms with Crippen molar-refractivity contribution >= 4 is 27.8 Å². The van der Waals surface area contributed by atoms with Gasteiger partial charge in [-0.15, -0.1) is 0 Å². The van der Waals surface area contributed by atoms with E-state index in [2.05, 4.69) is 15.9 Å². The van der Waals surface area contributed by atoms with Gasteiger partial charge in [-0.2, -0.15) is 0 Å². The molecule has 18 heavy (non-hydrogen) atoms. The van der Waals surface area contributed by atoms with Crippen molar-refractivity contribution < 1.29 is 14.7 Å². The lowest BCUT2D eigenvalue weighted by atomic mass is 10.1. The molecule has 1 fully saturated rings. The number of carboxylic acid groups (broad SMARTS) is 1. The fraction of sp³-hybridized carbons (Fsp3) is 0.385. The van der Waals surface area contributed by atoms with E-state index in [0.29, 0.717) is 19.4 Å². The predicted molar refractivity (Wildman–Crippen MR) is 70.1 cm³/mol. The van der Waals surface area contributed by atoms with E-state index in [4.69, 9.17) is 5.11 Å². The average molecular weight is 312 g/mol. The zero-order valence-corrected chi connectivity index (χ0v) is 11.6. The number of carboxylic acids is 1. The van der Waals surface area contributed by atoms with Crippen LogP contribution in [-0.2, 0) is 16.1 Å². The maximum atomic E-state index is 11.7. The van der Waals surface area contributed by atoms with Gasteiger partial charge in [0.15, 0.2) is 0 Å². The number of benzene rings is 1. The number of hydrogen-bond acceptors (Lipinski definition) is 2. The SMILES string of the molecule is Cc1ccc(CN2C(=O)CCC2C(=O)O)cc1Br. The molecule has 1 aromatic rings. The van der Waals surface area contributed by atoms with Crippen molar-refractivity contribution in [3.8, 4) is 0 Å². The van der Waals surface area contributed by atoms with Crippen molar-refractivity contribution in [1.29, 1.82) is 0 Å². The molecule has 1 saturated heterocycles. The molecule has 4 nitrogen and oxygen atoms in total. The summed E-state index contributed by atoms with van der Waals surface area (Å²) in [6.07, 6.45) is 0.727. The smallest absolute Gasteiger partial charge is 0.326 e. The summed E-state index contributed by atoms with van der Waals surface area (Å²) in [6, 6.07) is 5.12. The molecule has 1 atom stereocenters. The molecule has 1 aliphatic heterocycles. The number of rotatable bonds is 3. The Labute approximate surface area is 114 Å². The summed E-state index contributed by atoms with van der Waals surface area (Å²) in [5, 5.41) is 9.08. The standard InChI is InChI=1S/C13H14BrNO3/c1-8-2-3-9(6-10(8)14)7-15-11(13(17)18)4-5-12(15)16/h2-3,6,11H,4-5,7H2,1H3,(H,17,18). The van der Waals surface area contributed by atoms with Crippen LogP contribution in [0.25, 0.3) is 0 Å². The van der Waals surface area contributed by atoms with E-state index < -0.39 is 12.0 Å². The maximum absolute atomic E-state index is 11.7. The van der Waals surface area contributed by atoms with Crippen LogP contribution in [0.2, 0.25) is 0 Å². The fourth-order valence-electron chi connectivity index (χ4n) is 2.12. The van der Waals surface area contributed by atoms with Gasteiger partial charge in [-0.1, -0.05) is 28.1 Å². The summed E-state index contributed by atoms with van der Waals surface area (Å²) in [5.74, 6) is -1.01. The zero-order valence-electron chi connectivity index (χ0n) is 10.0. The van der Waals surface area contributed by atoms with Gasteiger partial charge in [0.25, 0.3) is 0 Å². The van der Waals surface area contributed by atoms with E-state index >= 15 is 0 Å². The van der Waals surface area contributed by atoms with Crippen LogP contribution in [0.1, 0.15) is 24.0 Å². The van der Waals surface area contributed by atoms with E-state index in [-0.39, 0.29) is 5.91 Å². The zero-order chi connectivity index (χ0) is 13.3. The largest absolute Gasteiger partial charge is 0.480 e. The van der Waals surface area contributed by atoms with Gasteiger partial charge in [-0.25, -0.2) is 4.79 Å². The van der Waals surface area contributed by atoms with Crippen LogP contribution in [-0.4, -0.2) is 27.9 Å². The molecule has 1 aromatic carbocycles. The number of nitrogens with zero attached hydrogens (tertiary/aromatic N) is 1. The van der Waals surface area contributed by atoms with E-state index in [1.54, 1.807) is 0 Å². The van der Waals surface area contributed by atoms with Gasteiger partial charge in [0.2, 0.25) is 5.91 Å². The lowest BCUT2D eigenvalue weighted by Gasteiger charge is -2.21. The van der Waals surface area contributed by atoms with Crippen LogP contribution in [0.5, 0.6) is 0 Å². The summed E-state index contributed by atoms with van der Waals surface area (Å²) in [6.45, 7) is 2.34. The van der Waals surface area contributed by atoms with Gasteiger partial charge >= 0.3 is 5.97 Å². The molecule has 1 amide bonds. The molecule has 1 heterocycles. The molecule has 96 valence electrons. The fourth-order valence-corrected chi connectivity index (χ4v) is 2.55. The van der Waals surface area contributed by atoms with Crippen LogP contribution >= 0.6 is 15.9 Å². The highest BCUT2D eigenvalue weighted by atomic mass is 79.9. The number of hydrogen-bond donors (Lipinski definition) is 1. The lowest BCUT2D eigenvalue weighted by Crippen LogP contribution is -2.37. The third kappa shape index (κ3) is 2.56. The number of aryl methyl sites for hydroxylation is 1. The van der Waals surface area contributed by atoms with Crippen LogP contribution in [0, 0.1) is 6.92 Å². The van der Waals surface area contributed by atoms with Crippen molar-refractivity contribution in [1.82, 2.24) is 4.90 Å². The van der Waals surface area contributed by atoms with Gasteiger partial charge in [0.1, 0.15) is 6.04 Å². The molecule has 1 unspecified atom stereocenters. The minimum absolute atomic E-state index is 0.0842. The molecule has 0 saturated carbocycles. The van der Waals surface area contributed by atoms with Crippen molar-refractivity contribution in [3.05, 3.63) is 33.8 Å². The predicted octanol–water partition coefficient (Wildman–Crippen LogP) is 2.33.